The number of benzene rings is 3. The molecule has 2 aliphatic rings. The molecule has 0 radical (unpaired) electrons. The Bertz CT molecular complexity index is 1130. The number of Topliss-reactive ketones (excluding diaryl/α,β-unsaturated/α-hetero) is 1. The van der Waals surface area contributed by atoms with Gasteiger partial charge in [0.25, 0.3) is 0 Å². The van der Waals surface area contributed by atoms with Crippen molar-refractivity contribution in [2.75, 3.05) is 0 Å². The topological polar surface area (TPSA) is 17.1 Å². The smallest absolute Gasteiger partial charge is 0.172 e. The molecule has 0 N–H and O–H groups in total. The Labute approximate surface area is 173 Å². The zero-order valence-electron chi connectivity index (χ0n) is 16.7. The number of fused-ring (bicyclic) bond motifs is 1. The lowest BCUT2D eigenvalue weighted by atomic mass is 9.74. The highest BCUT2D eigenvalue weighted by molar-refractivity contribution is 7.70. The molecule has 3 unspecified atom stereocenters. The molecule has 29 heavy (non-hydrogen) atoms. The lowest BCUT2D eigenvalue weighted by Crippen LogP contribution is -2.31. The van der Waals surface area contributed by atoms with E-state index >= 15 is 0 Å². The summed E-state index contributed by atoms with van der Waals surface area (Å²) in [6.07, 6.45) is 0. The van der Waals surface area contributed by atoms with E-state index in [1.807, 2.05) is 30.3 Å². The fraction of sp³-hybridized carbons (Fsp3) is 0.148. The Hall–Kier alpha value is -2.76. The van der Waals surface area contributed by atoms with Gasteiger partial charge in [-0.25, -0.2) is 0 Å². The summed E-state index contributed by atoms with van der Waals surface area (Å²) in [4.78, 5) is 14.0. The maximum Gasteiger partial charge on any atom is 0.172 e. The maximum absolute atomic E-state index is 14.0. The van der Waals surface area contributed by atoms with Gasteiger partial charge in [-0.15, -0.1) is 0 Å². The molecule has 0 aromatic heterocycles. The van der Waals surface area contributed by atoms with Crippen LogP contribution < -0.4 is 5.30 Å². The molecule has 0 amide bonds. The molecule has 1 heterocycles. The van der Waals surface area contributed by atoms with Crippen molar-refractivity contribution in [2.24, 2.45) is 5.41 Å². The van der Waals surface area contributed by atoms with Gasteiger partial charge in [-0.05, 0) is 36.8 Å². The van der Waals surface area contributed by atoms with E-state index in [1.165, 1.54) is 16.5 Å². The minimum Gasteiger partial charge on any atom is -0.293 e. The van der Waals surface area contributed by atoms with E-state index in [2.05, 4.69) is 80.3 Å². The van der Waals surface area contributed by atoms with Gasteiger partial charge in [0.05, 0.1) is 5.66 Å². The van der Waals surface area contributed by atoms with E-state index in [0.717, 1.165) is 16.7 Å². The van der Waals surface area contributed by atoms with Crippen LogP contribution in [-0.4, -0.2) is 11.4 Å². The first kappa shape index (κ1) is 18.3. The van der Waals surface area contributed by atoms with Crippen LogP contribution in [0.3, 0.4) is 0 Å². The lowest BCUT2D eigenvalue weighted by Gasteiger charge is -2.32. The third kappa shape index (κ3) is 2.69. The van der Waals surface area contributed by atoms with Crippen molar-refractivity contribution in [1.29, 1.82) is 0 Å². The fourth-order valence-corrected chi connectivity index (χ4v) is 7.99. The predicted molar refractivity (Wildman–Crippen MR) is 123 cm³/mol. The number of carbonyl (C=O) groups excluding carboxylic acids is 1. The minimum absolute atomic E-state index is 0.0367. The van der Waals surface area contributed by atoms with Gasteiger partial charge in [0.15, 0.2) is 5.78 Å². The van der Waals surface area contributed by atoms with E-state index in [-0.39, 0.29) is 11.1 Å². The zero-order valence-corrected chi connectivity index (χ0v) is 17.6. The second-order valence-electron chi connectivity index (χ2n) is 8.01. The van der Waals surface area contributed by atoms with Gasteiger partial charge in [-0.2, -0.15) is 0 Å². The molecular weight excluding hydrogens is 371 g/mol. The number of carbonyl (C=O) groups is 1. The highest BCUT2D eigenvalue weighted by atomic mass is 31.1. The molecule has 3 aromatic carbocycles. The molecular formula is C27H23OP. The first-order chi connectivity index (χ1) is 14.1. The molecule has 2 heteroatoms. The minimum atomic E-state index is -0.695. The molecule has 0 bridgehead atoms. The van der Waals surface area contributed by atoms with Crippen LogP contribution in [0, 0.1) is 5.41 Å². The van der Waals surface area contributed by atoms with Crippen LogP contribution in [0.5, 0.6) is 0 Å². The number of ketones is 1. The molecule has 0 saturated heterocycles. The Morgan fingerprint density at radius 1 is 0.759 bits per heavy atom. The summed E-state index contributed by atoms with van der Waals surface area (Å²) in [5.41, 5.74) is 5.28. The molecule has 0 fully saturated rings. The highest BCUT2D eigenvalue weighted by Gasteiger charge is 2.58. The molecule has 1 aliphatic carbocycles. The number of allylic oxidation sites excluding steroid dienone is 3. The Morgan fingerprint density at radius 2 is 1.28 bits per heavy atom. The summed E-state index contributed by atoms with van der Waals surface area (Å²) in [5, 5.41) is 1.28. The highest BCUT2D eigenvalue weighted by Crippen LogP contribution is 2.69. The number of hydrogen-bond acceptors (Lipinski definition) is 1. The first-order valence-corrected chi connectivity index (χ1v) is 11.5. The standard InChI is InChI=1S/C27H23OP/c1-19-18-29(22-16-10-5-11-17-22)26-25(28)23(20-12-6-3-7-13-20)24(27(19,26)2)21-14-8-4-9-15-21/h3-18,26H,1-2H3. The summed E-state index contributed by atoms with van der Waals surface area (Å²) in [7, 11) is -0.695. The van der Waals surface area contributed by atoms with Crippen LogP contribution in [0.15, 0.2) is 102 Å². The Balaban J connectivity index is 1.77. The van der Waals surface area contributed by atoms with E-state index < -0.39 is 7.92 Å². The lowest BCUT2D eigenvalue weighted by molar-refractivity contribution is -0.113. The predicted octanol–water partition coefficient (Wildman–Crippen LogP) is 6.28. The molecule has 0 saturated carbocycles. The van der Waals surface area contributed by atoms with Crippen molar-refractivity contribution in [3.8, 4) is 0 Å². The van der Waals surface area contributed by atoms with E-state index in [1.54, 1.807) is 0 Å². The van der Waals surface area contributed by atoms with Crippen LogP contribution in [0.4, 0.5) is 0 Å². The zero-order chi connectivity index (χ0) is 20.0. The largest absolute Gasteiger partial charge is 0.293 e. The summed E-state index contributed by atoms with van der Waals surface area (Å²) in [6.45, 7) is 4.49. The van der Waals surface area contributed by atoms with Crippen LogP contribution in [0.2, 0.25) is 0 Å². The van der Waals surface area contributed by atoms with Gasteiger partial charge in [-0.1, -0.05) is 109 Å². The average Bonchev–Trinajstić information content (AvgIpc) is 3.18. The molecule has 0 spiro atoms. The van der Waals surface area contributed by atoms with Crippen LogP contribution in [0.25, 0.3) is 11.1 Å². The molecule has 1 nitrogen and oxygen atoms in total. The molecule has 1 aliphatic heterocycles. The third-order valence-electron chi connectivity index (χ3n) is 6.42. The van der Waals surface area contributed by atoms with Crippen molar-refractivity contribution in [3.63, 3.8) is 0 Å². The Morgan fingerprint density at radius 3 is 1.86 bits per heavy atom. The second-order valence-corrected chi connectivity index (χ2v) is 10.1. The monoisotopic (exact) mass is 394 g/mol. The van der Waals surface area contributed by atoms with Gasteiger partial charge in [0.2, 0.25) is 0 Å². The van der Waals surface area contributed by atoms with Crippen LogP contribution in [0.1, 0.15) is 25.0 Å². The summed E-state index contributed by atoms with van der Waals surface area (Å²) >= 11 is 0. The van der Waals surface area contributed by atoms with Crippen molar-refractivity contribution in [1.82, 2.24) is 0 Å². The van der Waals surface area contributed by atoms with Crippen molar-refractivity contribution in [3.05, 3.63) is 114 Å². The number of rotatable bonds is 3. The summed E-state index contributed by atoms with van der Waals surface area (Å²) < 4.78 is 0. The summed E-state index contributed by atoms with van der Waals surface area (Å²) in [6, 6.07) is 31.2. The quantitative estimate of drug-likeness (QED) is 0.478. The number of hydrogen-bond donors (Lipinski definition) is 0. The van der Waals surface area contributed by atoms with E-state index in [0.29, 0.717) is 5.78 Å². The third-order valence-corrected chi connectivity index (χ3v) is 9.29. The van der Waals surface area contributed by atoms with Gasteiger partial charge in [-0.3, -0.25) is 4.79 Å². The van der Waals surface area contributed by atoms with Crippen molar-refractivity contribution < 1.29 is 4.79 Å². The first-order valence-electron chi connectivity index (χ1n) is 10.0. The second kappa shape index (κ2) is 6.94. The van der Waals surface area contributed by atoms with Crippen molar-refractivity contribution in [2.45, 2.75) is 19.5 Å². The summed E-state index contributed by atoms with van der Waals surface area (Å²) in [5.74, 6) is 2.68. The van der Waals surface area contributed by atoms with Gasteiger partial charge < -0.3 is 0 Å². The van der Waals surface area contributed by atoms with Gasteiger partial charge in [0, 0.05) is 11.0 Å². The molecule has 3 atom stereocenters. The fourth-order valence-electron chi connectivity index (χ4n) is 4.92. The van der Waals surface area contributed by atoms with Gasteiger partial charge >= 0.3 is 0 Å². The maximum atomic E-state index is 14.0. The normalized spacial score (nSPS) is 25.9. The Kier molecular flexibility index (Phi) is 4.37. The average molecular weight is 394 g/mol. The van der Waals surface area contributed by atoms with E-state index in [4.69, 9.17) is 0 Å². The van der Waals surface area contributed by atoms with Gasteiger partial charge in [0.1, 0.15) is 0 Å². The van der Waals surface area contributed by atoms with Crippen molar-refractivity contribution >= 4 is 30.2 Å². The van der Waals surface area contributed by atoms with E-state index in [9.17, 15) is 4.79 Å². The SMILES string of the molecule is CC1=CP(c2ccccc2)C2C(=O)C(c3ccccc3)=C(c3ccccc3)C12C. The van der Waals surface area contributed by atoms with Crippen LogP contribution >= 0.6 is 7.92 Å². The molecule has 3 aromatic rings. The molecule has 5 rings (SSSR count). The molecule has 142 valence electrons. The van der Waals surface area contributed by atoms with Crippen LogP contribution in [-0.2, 0) is 4.79 Å².